The van der Waals surface area contributed by atoms with Gasteiger partial charge < -0.3 is 15.0 Å². The van der Waals surface area contributed by atoms with E-state index >= 15 is 0 Å². The molecule has 1 N–H and O–H groups in total. The van der Waals surface area contributed by atoms with E-state index in [1.165, 1.54) is 0 Å². The largest absolute Gasteiger partial charge is 0.478 e. The zero-order chi connectivity index (χ0) is 13.4. The molecule has 2 aliphatic rings. The number of rotatable bonds is 1. The van der Waals surface area contributed by atoms with Gasteiger partial charge in [-0.05, 0) is 31.9 Å². The molecule has 0 saturated carbocycles. The molecule has 5 heteroatoms. The first-order valence-electron chi connectivity index (χ1n) is 6.56. The van der Waals surface area contributed by atoms with E-state index in [2.05, 4.69) is 5.32 Å². The van der Waals surface area contributed by atoms with Gasteiger partial charge in [0.15, 0.2) is 11.9 Å². The zero-order valence-electron chi connectivity index (χ0n) is 10.8. The fraction of sp³-hybridized carbons (Fsp3) is 0.429. The molecule has 2 aliphatic heterocycles. The highest BCUT2D eigenvalue weighted by molar-refractivity contribution is 6.04. The Labute approximate surface area is 111 Å². The van der Waals surface area contributed by atoms with E-state index in [9.17, 15) is 9.59 Å². The number of carbonyl (C=O) groups is 2. The van der Waals surface area contributed by atoms with Crippen molar-refractivity contribution in [1.82, 2.24) is 4.90 Å². The molecule has 0 spiro atoms. The third-order valence-corrected chi connectivity index (χ3v) is 3.56. The predicted molar refractivity (Wildman–Crippen MR) is 70.3 cm³/mol. The van der Waals surface area contributed by atoms with Crippen LogP contribution in [0.5, 0.6) is 5.75 Å². The van der Waals surface area contributed by atoms with Gasteiger partial charge in [-0.3, -0.25) is 9.59 Å². The monoisotopic (exact) mass is 260 g/mol. The second kappa shape index (κ2) is 4.57. The van der Waals surface area contributed by atoms with Crippen LogP contribution in [-0.2, 0) is 4.79 Å². The Morgan fingerprint density at radius 3 is 2.84 bits per heavy atom. The number of anilines is 1. The average molecular weight is 260 g/mol. The molecule has 2 heterocycles. The van der Waals surface area contributed by atoms with E-state index in [4.69, 9.17) is 4.74 Å². The van der Waals surface area contributed by atoms with Crippen LogP contribution in [-0.4, -0.2) is 35.9 Å². The Bertz CT molecular complexity index is 535. The molecular weight excluding hydrogens is 244 g/mol. The van der Waals surface area contributed by atoms with Crippen LogP contribution in [0.25, 0.3) is 0 Å². The second-order valence-corrected chi connectivity index (χ2v) is 4.93. The summed E-state index contributed by atoms with van der Waals surface area (Å²) >= 11 is 0. The molecule has 1 atom stereocenters. The van der Waals surface area contributed by atoms with Crippen molar-refractivity contribution in [2.45, 2.75) is 25.9 Å². The number of nitrogens with zero attached hydrogens (tertiary/aromatic N) is 1. The molecule has 1 fully saturated rings. The molecule has 0 aliphatic carbocycles. The summed E-state index contributed by atoms with van der Waals surface area (Å²) < 4.78 is 5.60. The maximum absolute atomic E-state index is 12.4. The first kappa shape index (κ1) is 12.0. The number of hydrogen-bond acceptors (Lipinski definition) is 3. The van der Waals surface area contributed by atoms with Gasteiger partial charge in [0.25, 0.3) is 11.8 Å². The SMILES string of the molecule is CC1Oc2c(cccc2C(=O)N2CCCC2)NC1=O. The van der Waals surface area contributed by atoms with Gasteiger partial charge in [0.2, 0.25) is 0 Å². The first-order valence-corrected chi connectivity index (χ1v) is 6.56. The van der Waals surface area contributed by atoms with Crippen LogP contribution in [0.3, 0.4) is 0 Å². The topological polar surface area (TPSA) is 58.6 Å². The molecular formula is C14H16N2O3. The third kappa shape index (κ3) is 2.05. The number of nitrogens with one attached hydrogen (secondary N) is 1. The third-order valence-electron chi connectivity index (χ3n) is 3.56. The lowest BCUT2D eigenvalue weighted by Gasteiger charge is -2.26. The summed E-state index contributed by atoms with van der Waals surface area (Å²) in [6, 6.07) is 5.27. The lowest BCUT2D eigenvalue weighted by Crippen LogP contribution is -2.36. The molecule has 0 aromatic heterocycles. The van der Waals surface area contributed by atoms with E-state index in [0.717, 1.165) is 25.9 Å². The Kier molecular flexibility index (Phi) is 2.89. The Morgan fingerprint density at radius 2 is 2.11 bits per heavy atom. The number of likely N-dealkylation sites (tertiary alicyclic amines) is 1. The Morgan fingerprint density at radius 1 is 1.37 bits per heavy atom. The Balaban J connectivity index is 1.96. The van der Waals surface area contributed by atoms with Crippen LogP contribution >= 0.6 is 0 Å². The first-order chi connectivity index (χ1) is 9.16. The molecule has 0 radical (unpaired) electrons. The summed E-state index contributed by atoms with van der Waals surface area (Å²) in [5.74, 6) is 0.294. The summed E-state index contributed by atoms with van der Waals surface area (Å²) in [6.45, 7) is 3.27. The van der Waals surface area contributed by atoms with Crippen LogP contribution < -0.4 is 10.1 Å². The molecule has 1 unspecified atom stereocenters. The van der Waals surface area contributed by atoms with E-state index < -0.39 is 6.10 Å². The van der Waals surface area contributed by atoms with Crippen molar-refractivity contribution in [1.29, 1.82) is 0 Å². The number of ether oxygens (including phenoxy) is 1. The van der Waals surface area contributed by atoms with Crippen molar-refractivity contribution in [3.8, 4) is 5.75 Å². The minimum Gasteiger partial charge on any atom is -0.478 e. The van der Waals surface area contributed by atoms with Gasteiger partial charge in [-0.25, -0.2) is 0 Å². The van der Waals surface area contributed by atoms with Crippen LogP contribution in [0.2, 0.25) is 0 Å². The summed E-state index contributed by atoms with van der Waals surface area (Å²) in [5, 5.41) is 2.76. The van der Waals surface area contributed by atoms with Crippen LogP contribution in [0.15, 0.2) is 18.2 Å². The molecule has 3 rings (SSSR count). The maximum atomic E-state index is 12.4. The summed E-state index contributed by atoms with van der Waals surface area (Å²) in [4.78, 5) is 25.8. The highest BCUT2D eigenvalue weighted by Crippen LogP contribution is 2.34. The Hall–Kier alpha value is -2.04. The van der Waals surface area contributed by atoms with Gasteiger partial charge >= 0.3 is 0 Å². The highest BCUT2D eigenvalue weighted by atomic mass is 16.5. The highest BCUT2D eigenvalue weighted by Gasteiger charge is 2.29. The lowest BCUT2D eigenvalue weighted by molar-refractivity contribution is -0.122. The summed E-state index contributed by atoms with van der Waals surface area (Å²) in [5.41, 5.74) is 1.11. The molecule has 1 saturated heterocycles. The fourth-order valence-corrected chi connectivity index (χ4v) is 2.49. The van der Waals surface area contributed by atoms with Gasteiger partial charge in [0, 0.05) is 13.1 Å². The minimum atomic E-state index is -0.569. The standard InChI is InChI=1S/C14H16N2O3/c1-9-13(17)15-11-6-4-5-10(12(11)19-9)14(18)16-7-2-3-8-16/h4-6,9H,2-3,7-8H2,1H3,(H,15,17). The molecule has 1 aromatic rings. The molecule has 5 nitrogen and oxygen atoms in total. The van der Waals surface area contributed by atoms with Crippen molar-refractivity contribution >= 4 is 17.5 Å². The number of benzene rings is 1. The van der Waals surface area contributed by atoms with Crippen LogP contribution in [0, 0.1) is 0 Å². The maximum Gasteiger partial charge on any atom is 0.265 e. The van der Waals surface area contributed by atoms with Crippen molar-refractivity contribution in [3.63, 3.8) is 0 Å². The minimum absolute atomic E-state index is 0.0160. The normalized spacial score (nSPS) is 21.6. The summed E-state index contributed by atoms with van der Waals surface area (Å²) in [7, 11) is 0. The van der Waals surface area contributed by atoms with Gasteiger partial charge in [0.05, 0.1) is 11.3 Å². The number of para-hydroxylation sites is 1. The number of amides is 2. The van der Waals surface area contributed by atoms with Crippen molar-refractivity contribution in [2.24, 2.45) is 0 Å². The quantitative estimate of drug-likeness (QED) is 0.835. The van der Waals surface area contributed by atoms with Gasteiger partial charge in [-0.15, -0.1) is 0 Å². The smallest absolute Gasteiger partial charge is 0.265 e. The van der Waals surface area contributed by atoms with E-state index in [0.29, 0.717) is 17.0 Å². The number of hydrogen-bond donors (Lipinski definition) is 1. The fourth-order valence-electron chi connectivity index (χ4n) is 2.49. The van der Waals surface area contributed by atoms with Gasteiger partial charge in [-0.2, -0.15) is 0 Å². The number of fused-ring (bicyclic) bond motifs is 1. The molecule has 100 valence electrons. The van der Waals surface area contributed by atoms with Crippen LogP contribution in [0.4, 0.5) is 5.69 Å². The van der Waals surface area contributed by atoms with Crippen molar-refractivity contribution < 1.29 is 14.3 Å². The molecule has 2 amide bonds. The van der Waals surface area contributed by atoms with Crippen LogP contribution in [0.1, 0.15) is 30.1 Å². The number of carbonyl (C=O) groups excluding carboxylic acids is 2. The van der Waals surface area contributed by atoms with Gasteiger partial charge in [0.1, 0.15) is 0 Å². The average Bonchev–Trinajstić information content (AvgIpc) is 2.92. The summed E-state index contributed by atoms with van der Waals surface area (Å²) in [6.07, 6.45) is 1.53. The lowest BCUT2D eigenvalue weighted by atomic mass is 10.1. The van der Waals surface area contributed by atoms with E-state index in [1.54, 1.807) is 25.1 Å². The molecule has 0 bridgehead atoms. The van der Waals surface area contributed by atoms with Crippen molar-refractivity contribution in [2.75, 3.05) is 18.4 Å². The molecule has 19 heavy (non-hydrogen) atoms. The van der Waals surface area contributed by atoms with Gasteiger partial charge in [-0.1, -0.05) is 6.07 Å². The van der Waals surface area contributed by atoms with E-state index in [-0.39, 0.29) is 11.8 Å². The molecule has 1 aromatic carbocycles. The second-order valence-electron chi connectivity index (χ2n) is 4.93. The van der Waals surface area contributed by atoms with E-state index in [1.807, 2.05) is 4.90 Å². The zero-order valence-corrected chi connectivity index (χ0v) is 10.8. The van der Waals surface area contributed by atoms with Crippen molar-refractivity contribution in [3.05, 3.63) is 23.8 Å². The predicted octanol–water partition coefficient (Wildman–Crippen LogP) is 1.64.